The number of aliphatic hydroxyl groups excluding tert-OH is 3. The van der Waals surface area contributed by atoms with E-state index in [0.29, 0.717) is 6.61 Å². The van der Waals surface area contributed by atoms with Crippen molar-refractivity contribution in [3.8, 4) is 0 Å². The van der Waals surface area contributed by atoms with Crippen molar-refractivity contribution in [2.45, 2.75) is 115 Å². The maximum Gasteiger partial charge on any atom is 0.114 e. The summed E-state index contributed by atoms with van der Waals surface area (Å²) >= 11 is 0. The van der Waals surface area contributed by atoms with Crippen LogP contribution in [0.2, 0.25) is 0 Å². The zero-order chi connectivity index (χ0) is 20.5. The zero-order valence-electron chi connectivity index (χ0n) is 17.9. The van der Waals surface area contributed by atoms with Gasteiger partial charge in [0.05, 0.1) is 13.2 Å². The lowest BCUT2D eigenvalue weighted by Crippen LogP contribution is -2.55. The van der Waals surface area contributed by atoms with Crippen LogP contribution >= 0.6 is 0 Å². The van der Waals surface area contributed by atoms with Crippen LogP contribution in [0.15, 0.2) is 12.2 Å². The van der Waals surface area contributed by atoms with E-state index in [1.54, 1.807) is 0 Å². The van der Waals surface area contributed by atoms with Crippen LogP contribution in [0.25, 0.3) is 0 Å². The number of unbranched alkanes of at least 4 members (excludes halogenated alkanes) is 11. The Hall–Kier alpha value is -0.460. The van der Waals surface area contributed by atoms with Crippen molar-refractivity contribution in [3.05, 3.63) is 12.2 Å². The summed E-state index contributed by atoms with van der Waals surface area (Å²) < 4.78 is 11.0. The fourth-order valence-electron chi connectivity index (χ4n) is 3.62. The average molecular weight is 401 g/mol. The van der Waals surface area contributed by atoms with Gasteiger partial charge < -0.3 is 24.8 Å². The summed E-state index contributed by atoms with van der Waals surface area (Å²) in [5.41, 5.74) is 0. The monoisotopic (exact) mass is 400 g/mol. The second kappa shape index (κ2) is 17.4. The van der Waals surface area contributed by atoms with Crippen LogP contribution in [0.4, 0.5) is 0 Å². The lowest BCUT2D eigenvalue weighted by molar-refractivity contribution is -0.211. The highest BCUT2D eigenvalue weighted by molar-refractivity contribution is 4.88. The van der Waals surface area contributed by atoms with Crippen LogP contribution < -0.4 is 0 Å². The normalized spacial score (nSPS) is 25.6. The predicted octanol–water partition coefficient (Wildman–Crippen LogP) is 4.13. The van der Waals surface area contributed by atoms with E-state index in [1.165, 1.54) is 64.2 Å². The van der Waals surface area contributed by atoms with Gasteiger partial charge in [-0.1, -0.05) is 76.9 Å². The van der Waals surface area contributed by atoms with Crippen molar-refractivity contribution in [1.29, 1.82) is 0 Å². The Balaban J connectivity index is 1.91. The average Bonchev–Trinajstić information content (AvgIpc) is 2.70. The van der Waals surface area contributed by atoms with Gasteiger partial charge in [0, 0.05) is 6.61 Å². The summed E-state index contributed by atoms with van der Waals surface area (Å²) in [6.07, 6.45) is 17.9. The molecule has 0 unspecified atom stereocenters. The molecule has 0 aromatic rings. The molecule has 5 heteroatoms. The Labute approximate surface area is 172 Å². The molecule has 0 amide bonds. The smallest absolute Gasteiger partial charge is 0.114 e. The topological polar surface area (TPSA) is 79.2 Å². The lowest BCUT2D eigenvalue weighted by atomic mass is 10.0. The van der Waals surface area contributed by atoms with Gasteiger partial charge in [0.1, 0.15) is 24.4 Å². The Morgan fingerprint density at radius 1 is 0.857 bits per heavy atom. The van der Waals surface area contributed by atoms with Crippen molar-refractivity contribution in [2.24, 2.45) is 0 Å². The van der Waals surface area contributed by atoms with Gasteiger partial charge in [0.2, 0.25) is 0 Å². The Morgan fingerprint density at radius 2 is 1.43 bits per heavy atom. The first kappa shape index (κ1) is 25.6. The van der Waals surface area contributed by atoms with E-state index in [0.717, 1.165) is 19.3 Å². The standard InChI is InChI=1S/C23H44O5/c1-2-3-4-5-6-7-8-9-10-11-12-13-14-15-16-17-27-23-21(18-24)28-19-20(25)22(23)26/h13-14,20-26H,2-12,15-19H2,1H3/b14-13+/t20-,21+,22+,23+/m0/s1. The van der Waals surface area contributed by atoms with E-state index >= 15 is 0 Å². The SMILES string of the molecule is CCCCCCCCCCCC/C=C/CCCO[C@H]1[C@H](O)[C@@H](O)CO[C@@H]1CO. The molecule has 5 nitrogen and oxygen atoms in total. The van der Waals surface area contributed by atoms with Crippen LogP contribution in [0.1, 0.15) is 90.4 Å². The molecule has 4 atom stereocenters. The molecule has 0 aliphatic carbocycles. The number of aliphatic hydroxyl groups is 3. The van der Waals surface area contributed by atoms with Gasteiger partial charge in [-0.05, 0) is 25.7 Å². The molecule has 0 aromatic carbocycles. The fraction of sp³-hybridized carbons (Fsp3) is 0.913. The maximum absolute atomic E-state index is 9.98. The van der Waals surface area contributed by atoms with Crippen molar-refractivity contribution >= 4 is 0 Å². The van der Waals surface area contributed by atoms with E-state index in [2.05, 4.69) is 19.1 Å². The number of ether oxygens (including phenoxy) is 2. The van der Waals surface area contributed by atoms with E-state index < -0.39 is 24.4 Å². The molecule has 1 saturated heterocycles. The molecule has 0 spiro atoms. The summed E-state index contributed by atoms with van der Waals surface area (Å²) in [5.74, 6) is 0. The van der Waals surface area contributed by atoms with Crippen LogP contribution in [0, 0.1) is 0 Å². The maximum atomic E-state index is 9.98. The minimum Gasteiger partial charge on any atom is -0.394 e. The van der Waals surface area contributed by atoms with E-state index in [4.69, 9.17) is 9.47 Å². The number of allylic oxidation sites excluding steroid dienone is 2. The van der Waals surface area contributed by atoms with E-state index in [1.807, 2.05) is 0 Å². The van der Waals surface area contributed by atoms with Crippen LogP contribution in [0.3, 0.4) is 0 Å². The summed E-state index contributed by atoms with van der Waals surface area (Å²) in [5, 5.41) is 28.9. The molecule has 1 aliphatic heterocycles. The van der Waals surface area contributed by atoms with E-state index in [-0.39, 0.29) is 13.2 Å². The summed E-state index contributed by atoms with van der Waals surface area (Å²) in [6.45, 7) is 2.57. The van der Waals surface area contributed by atoms with Gasteiger partial charge in [-0.15, -0.1) is 0 Å². The molecule has 0 aromatic heterocycles. The van der Waals surface area contributed by atoms with Crippen molar-refractivity contribution in [2.75, 3.05) is 19.8 Å². The minimum atomic E-state index is -1.00. The summed E-state index contributed by atoms with van der Waals surface area (Å²) in [4.78, 5) is 0. The molecule has 1 heterocycles. The summed E-state index contributed by atoms with van der Waals surface area (Å²) in [6, 6.07) is 0. The predicted molar refractivity (Wildman–Crippen MR) is 113 cm³/mol. The van der Waals surface area contributed by atoms with Crippen molar-refractivity contribution < 1.29 is 24.8 Å². The quantitative estimate of drug-likeness (QED) is 0.253. The van der Waals surface area contributed by atoms with Crippen LogP contribution in [-0.4, -0.2) is 59.6 Å². The number of hydrogen-bond donors (Lipinski definition) is 3. The molecule has 1 aliphatic rings. The Kier molecular flexibility index (Phi) is 15.9. The number of hydrogen-bond acceptors (Lipinski definition) is 5. The summed E-state index contributed by atoms with van der Waals surface area (Å²) in [7, 11) is 0. The highest BCUT2D eigenvalue weighted by Gasteiger charge is 2.39. The Bertz CT molecular complexity index is 372. The largest absolute Gasteiger partial charge is 0.394 e. The second-order valence-electron chi connectivity index (χ2n) is 8.03. The lowest BCUT2D eigenvalue weighted by Gasteiger charge is -2.37. The minimum absolute atomic E-state index is 0.0357. The van der Waals surface area contributed by atoms with Gasteiger partial charge in [0.25, 0.3) is 0 Å². The molecule has 1 fully saturated rings. The second-order valence-corrected chi connectivity index (χ2v) is 8.03. The first-order valence-electron chi connectivity index (χ1n) is 11.6. The van der Waals surface area contributed by atoms with Gasteiger partial charge >= 0.3 is 0 Å². The fourth-order valence-corrected chi connectivity index (χ4v) is 3.62. The molecule has 0 radical (unpaired) electrons. The third-order valence-electron chi connectivity index (χ3n) is 5.47. The first-order chi connectivity index (χ1) is 13.7. The molecule has 0 bridgehead atoms. The molecular formula is C23H44O5. The zero-order valence-corrected chi connectivity index (χ0v) is 17.9. The van der Waals surface area contributed by atoms with E-state index in [9.17, 15) is 15.3 Å². The molecule has 166 valence electrons. The molecule has 28 heavy (non-hydrogen) atoms. The molecule has 3 N–H and O–H groups in total. The van der Waals surface area contributed by atoms with Gasteiger partial charge in [0.15, 0.2) is 0 Å². The van der Waals surface area contributed by atoms with Gasteiger partial charge in [-0.25, -0.2) is 0 Å². The highest BCUT2D eigenvalue weighted by atomic mass is 16.6. The molecule has 1 rings (SSSR count). The number of rotatable bonds is 17. The molecule has 0 saturated carbocycles. The third kappa shape index (κ3) is 11.5. The Morgan fingerprint density at radius 3 is 2.04 bits per heavy atom. The third-order valence-corrected chi connectivity index (χ3v) is 5.47. The van der Waals surface area contributed by atoms with Crippen LogP contribution in [-0.2, 0) is 9.47 Å². The molecular weight excluding hydrogens is 356 g/mol. The van der Waals surface area contributed by atoms with Crippen LogP contribution in [0.5, 0.6) is 0 Å². The van der Waals surface area contributed by atoms with Gasteiger partial charge in [-0.2, -0.15) is 0 Å². The van der Waals surface area contributed by atoms with Gasteiger partial charge in [-0.3, -0.25) is 0 Å². The van der Waals surface area contributed by atoms with Crippen molar-refractivity contribution in [1.82, 2.24) is 0 Å². The van der Waals surface area contributed by atoms with Crippen molar-refractivity contribution in [3.63, 3.8) is 0 Å². The highest BCUT2D eigenvalue weighted by Crippen LogP contribution is 2.19. The first-order valence-corrected chi connectivity index (χ1v) is 11.6.